The van der Waals surface area contributed by atoms with Crippen LogP contribution in [0.4, 0.5) is 5.69 Å². The zero-order valence-corrected chi connectivity index (χ0v) is 14.8. The summed E-state index contributed by atoms with van der Waals surface area (Å²) in [6, 6.07) is 2.03. The Morgan fingerprint density at radius 2 is 1.92 bits per heavy atom. The summed E-state index contributed by atoms with van der Waals surface area (Å²) in [5.74, 6) is 1.06. The Kier molecular flexibility index (Phi) is 4.51. The topological polar surface area (TPSA) is 62.2 Å². The lowest BCUT2D eigenvalue weighted by atomic mass is 9.93. The van der Waals surface area contributed by atoms with Crippen LogP contribution in [-0.2, 0) is 4.79 Å². The molecule has 0 N–H and O–H groups in total. The third kappa shape index (κ3) is 3.43. The van der Waals surface area contributed by atoms with E-state index < -0.39 is 0 Å². The molecule has 0 saturated carbocycles. The zero-order chi connectivity index (χ0) is 17.2. The first kappa shape index (κ1) is 16.2. The van der Waals surface area contributed by atoms with E-state index in [4.69, 9.17) is 0 Å². The quantitative estimate of drug-likeness (QED) is 0.841. The SMILES string of the molecule is CC1CCCN(C(=O)C2CCCN(c3cnc4nccnc4c3)C2)C1. The van der Waals surface area contributed by atoms with E-state index in [1.165, 1.54) is 6.42 Å². The van der Waals surface area contributed by atoms with Crippen LogP contribution in [0, 0.1) is 11.8 Å². The highest BCUT2D eigenvalue weighted by Crippen LogP contribution is 2.27. The van der Waals surface area contributed by atoms with E-state index in [0.29, 0.717) is 17.5 Å². The van der Waals surface area contributed by atoms with Gasteiger partial charge in [-0.1, -0.05) is 6.92 Å². The number of aromatic nitrogens is 3. The van der Waals surface area contributed by atoms with E-state index >= 15 is 0 Å². The van der Waals surface area contributed by atoms with Crippen LogP contribution in [0.5, 0.6) is 0 Å². The van der Waals surface area contributed by atoms with Gasteiger partial charge in [0, 0.05) is 38.6 Å². The molecule has 0 aromatic carbocycles. The fourth-order valence-corrected chi connectivity index (χ4v) is 4.08. The molecule has 1 amide bonds. The summed E-state index contributed by atoms with van der Waals surface area (Å²) >= 11 is 0. The molecule has 2 atom stereocenters. The molecule has 2 saturated heterocycles. The molecule has 4 rings (SSSR count). The van der Waals surface area contributed by atoms with Crippen molar-refractivity contribution < 1.29 is 4.79 Å². The molecule has 0 aliphatic carbocycles. The van der Waals surface area contributed by atoms with Crippen molar-refractivity contribution in [2.75, 3.05) is 31.1 Å². The second kappa shape index (κ2) is 6.94. The van der Waals surface area contributed by atoms with Crippen LogP contribution in [-0.4, -0.2) is 51.9 Å². The Labute approximate surface area is 148 Å². The Morgan fingerprint density at radius 3 is 2.80 bits per heavy atom. The molecule has 132 valence electrons. The van der Waals surface area contributed by atoms with Crippen LogP contribution >= 0.6 is 0 Å². The van der Waals surface area contributed by atoms with Gasteiger partial charge in [-0.3, -0.25) is 9.78 Å². The van der Waals surface area contributed by atoms with E-state index in [1.54, 1.807) is 12.4 Å². The normalized spacial score (nSPS) is 24.5. The van der Waals surface area contributed by atoms with Gasteiger partial charge in [0.1, 0.15) is 5.52 Å². The highest BCUT2D eigenvalue weighted by atomic mass is 16.2. The van der Waals surface area contributed by atoms with Crippen molar-refractivity contribution in [3.05, 3.63) is 24.7 Å². The molecule has 2 aliphatic rings. The fraction of sp³-hybridized carbons (Fsp3) is 0.579. The Hall–Kier alpha value is -2.24. The summed E-state index contributed by atoms with van der Waals surface area (Å²) in [5.41, 5.74) is 2.51. The number of hydrogen-bond donors (Lipinski definition) is 0. The standard InChI is InChI=1S/C19H25N5O/c1-14-4-2-9-24(12-14)19(25)15-5-3-8-23(13-15)16-10-17-18(22-11-16)21-7-6-20-17/h6-7,10-11,14-15H,2-5,8-9,12-13H2,1H3. The van der Waals surface area contributed by atoms with Crippen LogP contribution < -0.4 is 4.90 Å². The minimum Gasteiger partial charge on any atom is -0.369 e. The van der Waals surface area contributed by atoms with Crippen LogP contribution in [0.2, 0.25) is 0 Å². The Morgan fingerprint density at radius 1 is 1.08 bits per heavy atom. The molecular formula is C19H25N5O. The molecule has 2 unspecified atom stereocenters. The molecule has 25 heavy (non-hydrogen) atoms. The molecule has 0 spiro atoms. The molecule has 6 nitrogen and oxygen atoms in total. The number of piperidine rings is 2. The number of carbonyl (C=O) groups excluding carboxylic acids is 1. The summed E-state index contributed by atoms with van der Waals surface area (Å²) in [4.78, 5) is 30.3. The Balaban J connectivity index is 1.49. The van der Waals surface area contributed by atoms with Crippen molar-refractivity contribution >= 4 is 22.8 Å². The predicted molar refractivity (Wildman–Crippen MR) is 97.2 cm³/mol. The number of anilines is 1. The maximum Gasteiger partial charge on any atom is 0.227 e. The molecule has 2 aromatic rings. The Bertz CT molecular complexity index is 764. The first-order valence-corrected chi connectivity index (χ1v) is 9.31. The molecular weight excluding hydrogens is 314 g/mol. The van der Waals surface area contributed by atoms with Gasteiger partial charge >= 0.3 is 0 Å². The molecule has 4 heterocycles. The van der Waals surface area contributed by atoms with E-state index in [2.05, 4.69) is 31.7 Å². The molecule has 0 bridgehead atoms. The van der Waals surface area contributed by atoms with E-state index in [-0.39, 0.29) is 5.92 Å². The van der Waals surface area contributed by atoms with Crippen LogP contribution in [0.25, 0.3) is 11.2 Å². The fourth-order valence-electron chi connectivity index (χ4n) is 4.08. The second-order valence-corrected chi connectivity index (χ2v) is 7.41. The van der Waals surface area contributed by atoms with Crippen molar-refractivity contribution in [2.24, 2.45) is 11.8 Å². The highest BCUT2D eigenvalue weighted by molar-refractivity contribution is 5.80. The number of amides is 1. The van der Waals surface area contributed by atoms with Gasteiger partial charge in [0.25, 0.3) is 0 Å². The summed E-state index contributed by atoms with van der Waals surface area (Å²) in [5, 5.41) is 0. The maximum absolute atomic E-state index is 12.9. The molecule has 6 heteroatoms. The maximum atomic E-state index is 12.9. The zero-order valence-electron chi connectivity index (χ0n) is 14.8. The number of pyridine rings is 1. The minimum absolute atomic E-state index is 0.0941. The van der Waals surface area contributed by atoms with Gasteiger partial charge in [-0.15, -0.1) is 0 Å². The number of carbonyl (C=O) groups is 1. The largest absolute Gasteiger partial charge is 0.369 e. The minimum atomic E-state index is 0.0941. The van der Waals surface area contributed by atoms with Crippen LogP contribution in [0.3, 0.4) is 0 Å². The van der Waals surface area contributed by atoms with Gasteiger partial charge in [-0.05, 0) is 37.7 Å². The third-order valence-corrected chi connectivity index (χ3v) is 5.41. The average Bonchev–Trinajstić information content (AvgIpc) is 2.67. The number of nitrogens with zero attached hydrogens (tertiary/aromatic N) is 5. The van der Waals surface area contributed by atoms with Crippen molar-refractivity contribution in [1.82, 2.24) is 19.9 Å². The van der Waals surface area contributed by atoms with E-state index in [9.17, 15) is 4.79 Å². The van der Waals surface area contributed by atoms with Gasteiger partial charge in [0.2, 0.25) is 5.91 Å². The van der Waals surface area contributed by atoms with E-state index in [0.717, 1.165) is 56.6 Å². The molecule has 0 radical (unpaired) electrons. The number of rotatable bonds is 2. The van der Waals surface area contributed by atoms with E-state index in [1.807, 2.05) is 12.3 Å². The van der Waals surface area contributed by atoms with Gasteiger partial charge in [0.15, 0.2) is 5.65 Å². The van der Waals surface area contributed by atoms with Gasteiger partial charge < -0.3 is 9.80 Å². The third-order valence-electron chi connectivity index (χ3n) is 5.41. The number of fused-ring (bicyclic) bond motifs is 1. The summed E-state index contributed by atoms with van der Waals surface area (Å²) in [6.45, 7) is 5.83. The smallest absolute Gasteiger partial charge is 0.227 e. The summed E-state index contributed by atoms with van der Waals surface area (Å²) < 4.78 is 0. The molecule has 2 aromatic heterocycles. The van der Waals surface area contributed by atoms with Gasteiger partial charge in [-0.2, -0.15) is 0 Å². The highest BCUT2D eigenvalue weighted by Gasteiger charge is 2.31. The summed E-state index contributed by atoms with van der Waals surface area (Å²) in [7, 11) is 0. The number of likely N-dealkylation sites (tertiary alicyclic amines) is 1. The van der Waals surface area contributed by atoms with Crippen molar-refractivity contribution in [1.29, 1.82) is 0 Å². The van der Waals surface area contributed by atoms with Gasteiger partial charge in [0.05, 0.1) is 17.8 Å². The van der Waals surface area contributed by atoms with Crippen molar-refractivity contribution in [2.45, 2.75) is 32.6 Å². The lowest BCUT2D eigenvalue weighted by Gasteiger charge is -2.38. The van der Waals surface area contributed by atoms with Crippen molar-refractivity contribution in [3.8, 4) is 0 Å². The first-order chi connectivity index (χ1) is 12.2. The monoisotopic (exact) mass is 339 g/mol. The lowest BCUT2D eigenvalue weighted by molar-refractivity contribution is -0.137. The van der Waals surface area contributed by atoms with Crippen LogP contribution in [0.15, 0.2) is 24.7 Å². The summed E-state index contributed by atoms with van der Waals surface area (Å²) in [6.07, 6.45) is 9.60. The number of hydrogen-bond acceptors (Lipinski definition) is 5. The van der Waals surface area contributed by atoms with Crippen LogP contribution in [0.1, 0.15) is 32.6 Å². The lowest BCUT2D eigenvalue weighted by Crippen LogP contribution is -2.47. The molecule has 2 aliphatic heterocycles. The molecule has 2 fully saturated rings. The second-order valence-electron chi connectivity index (χ2n) is 7.41. The van der Waals surface area contributed by atoms with Gasteiger partial charge in [-0.25, -0.2) is 9.97 Å². The predicted octanol–water partition coefficient (Wildman–Crippen LogP) is 2.50. The first-order valence-electron chi connectivity index (χ1n) is 9.31. The average molecular weight is 339 g/mol. The van der Waals surface area contributed by atoms with Crippen molar-refractivity contribution in [3.63, 3.8) is 0 Å².